The number of anilines is 1. The molecule has 0 aliphatic carbocycles. The SMILES string of the molecule is CCc1ccc(N(CC(=O)N[C@H](C)c2ccc3c(c2)OCCO3)S(C)(=O)=O)cc1. The molecular formula is C21H26N2O5S. The summed E-state index contributed by atoms with van der Waals surface area (Å²) in [5, 5.41) is 2.86. The van der Waals surface area contributed by atoms with E-state index in [1.54, 1.807) is 12.1 Å². The van der Waals surface area contributed by atoms with Gasteiger partial charge in [-0.05, 0) is 48.7 Å². The summed E-state index contributed by atoms with van der Waals surface area (Å²) < 4.78 is 36.7. The standard InChI is InChI=1S/C21H26N2O5S/c1-4-16-5-8-18(9-6-16)23(29(3,25)26)14-21(24)22-15(2)17-7-10-19-20(13-17)28-12-11-27-19/h5-10,13,15H,4,11-12,14H2,1-3H3,(H,22,24)/t15-/m1/s1. The van der Waals surface area contributed by atoms with Crippen LogP contribution in [0.3, 0.4) is 0 Å². The van der Waals surface area contributed by atoms with Crippen molar-refractivity contribution in [2.24, 2.45) is 0 Å². The zero-order valence-corrected chi connectivity index (χ0v) is 17.7. The lowest BCUT2D eigenvalue weighted by Crippen LogP contribution is -2.41. The van der Waals surface area contributed by atoms with Crippen LogP contribution in [0, 0.1) is 0 Å². The van der Waals surface area contributed by atoms with Crippen molar-refractivity contribution in [1.82, 2.24) is 5.32 Å². The fourth-order valence-electron chi connectivity index (χ4n) is 3.13. The minimum atomic E-state index is -3.61. The Balaban J connectivity index is 1.71. The molecule has 2 aromatic carbocycles. The molecule has 0 radical (unpaired) electrons. The topological polar surface area (TPSA) is 84.9 Å². The number of ether oxygens (including phenoxy) is 2. The average molecular weight is 419 g/mol. The van der Waals surface area contributed by atoms with E-state index in [0.717, 1.165) is 28.1 Å². The fraction of sp³-hybridized carbons (Fsp3) is 0.381. The van der Waals surface area contributed by atoms with Gasteiger partial charge in [0.15, 0.2) is 11.5 Å². The lowest BCUT2D eigenvalue weighted by Gasteiger charge is -2.24. The van der Waals surface area contributed by atoms with Gasteiger partial charge >= 0.3 is 0 Å². The van der Waals surface area contributed by atoms with Gasteiger partial charge in [0.2, 0.25) is 15.9 Å². The molecule has 1 N–H and O–H groups in total. The van der Waals surface area contributed by atoms with Crippen molar-refractivity contribution in [2.75, 3.05) is 30.3 Å². The van der Waals surface area contributed by atoms with Crippen molar-refractivity contribution in [3.8, 4) is 11.5 Å². The molecule has 7 nitrogen and oxygen atoms in total. The maximum Gasteiger partial charge on any atom is 0.241 e. The average Bonchev–Trinajstić information content (AvgIpc) is 2.71. The van der Waals surface area contributed by atoms with Gasteiger partial charge in [0.25, 0.3) is 0 Å². The molecule has 0 spiro atoms. The van der Waals surface area contributed by atoms with Crippen molar-refractivity contribution in [3.63, 3.8) is 0 Å². The van der Waals surface area contributed by atoms with Crippen molar-refractivity contribution in [2.45, 2.75) is 26.3 Å². The minimum absolute atomic E-state index is 0.292. The lowest BCUT2D eigenvalue weighted by molar-refractivity contribution is -0.120. The second-order valence-electron chi connectivity index (χ2n) is 6.98. The van der Waals surface area contributed by atoms with Gasteiger partial charge in [-0.1, -0.05) is 25.1 Å². The molecular weight excluding hydrogens is 392 g/mol. The summed E-state index contributed by atoms with van der Waals surface area (Å²) in [5.74, 6) is 0.929. The molecule has 1 amide bonds. The van der Waals surface area contributed by atoms with E-state index in [0.29, 0.717) is 30.4 Å². The zero-order chi connectivity index (χ0) is 21.0. The smallest absolute Gasteiger partial charge is 0.241 e. The second kappa shape index (κ2) is 8.73. The molecule has 29 heavy (non-hydrogen) atoms. The largest absolute Gasteiger partial charge is 0.486 e. The van der Waals surface area contributed by atoms with Gasteiger partial charge < -0.3 is 14.8 Å². The van der Waals surface area contributed by atoms with E-state index < -0.39 is 15.9 Å². The molecule has 1 heterocycles. The Morgan fingerprint density at radius 3 is 2.38 bits per heavy atom. The van der Waals surface area contributed by atoms with Crippen LogP contribution >= 0.6 is 0 Å². The van der Waals surface area contributed by atoms with Crippen LogP contribution in [0.1, 0.15) is 31.0 Å². The first kappa shape index (κ1) is 21.0. The number of carbonyl (C=O) groups excluding carboxylic acids is 1. The summed E-state index contributed by atoms with van der Waals surface area (Å²) >= 11 is 0. The van der Waals surface area contributed by atoms with Crippen molar-refractivity contribution >= 4 is 21.6 Å². The molecule has 8 heteroatoms. The van der Waals surface area contributed by atoms with Gasteiger partial charge in [-0.15, -0.1) is 0 Å². The summed E-state index contributed by atoms with van der Waals surface area (Å²) in [6.45, 7) is 4.57. The van der Waals surface area contributed by atoms with Crippen LogP contribution in [-0.4, -0.2) is 40.3 Å². The summed E-state index contributed by atoms with van der Waals surface area (Å²) in [7, 11) is -3.61. The maximum atomic E-state index is 12.6. The number of nitrogens with zero attached hydrogens (tertiary/aromatic N) is 1. The van der Waals surface area contributed by atoms with Gasteiger partial charge in [-0.3, -0.25) is 9.10 Å². The van der Waals surface area contributed by atoms with Crippen LogP contribution in [0.2, 0.25) is 0 Å². The first-order valence-electron chi connectivity index (χ1n) is 9.53. The van der Waals surface area contributed by atoms with Crippen LogP contribution in [0.25, 0.3) is 0 Å². The molecule has 0 unspecified atom stereocenters. The zero-order valence-electron chi connectivity index (χ0n) is 16.8. The predicted octanol–water partition coefficient (Wildman–Crippen LogP) is 2.66. The summed E-state index contributed by atoms with van der Waals surface area (Å²) in [6, 6.07) is 12.3. The number of benzene rings is 2. The van der Waals surface area contributed by atoms with Crippen molar-refractivity contribution < 1.29 is 22.7 Å². The Bertz CT molecular complexity index is 973. The number of amides is 1. The molecule has 156 valence electrons. The highest BCUT2D eigenvalue weighted by Gasteiger charge is 2.22. The number of sulfonamides is 1. The van der Waals surface area contributed by atoms with Gasteiger partial charge in [-0.25, -0.2) is 8.42 Å². The summed E-state index contributed by atoms with van der Waals surface area (Å²) in [4.78, 5) is 12.6. The molecule has 3 rings (SSSR count). The van der Waals surface area contributed by atoms with Crippen LogP contribution in [0.4, 0.5) is 5.69 Å². The molecule has 0 bridgehead atoms. The van der Waals surface area contributed by atoms with Gasteiger partial charge in [-0.2, -0.15) is 0 Å². The first-order valence-corrected chi connectivity index (χ1v) is 11.4. The molecule has 1 aliphatic rings. The molecule has 0 saturated carbocycles. The molecule has 1 atom stereocenters. The van der Waals surface area contributed by atoms with E-state index >= 15 is 0 Å². The number of carbonyl (C=O) groups is 1. The van der Waals surface area contributed by atoms with E-state index in [1.165, 1.54) is 0 Å². The van der Waals surface area contributed by atoms with Crippen molar-refractivity contribution in [1.29, 1.82) is 0 Å². The normalized spacial score (nSPS) is 14.2. The number of hydrogen-bond donors (Lipinski definition) is 1. The highest BCUT2D eigenvalue weighted by Crippen LogP contribution is 2.32. The van der Waals surface area contributed by atoms with Crippen molar-refractivity contribution in [3.05, 3.63) is 53.6 Å². The van der Waals surface area contributed by atoms with Gasteiger partial charge in [0, 0.05) is 0 Å². The fourth-order valence-corrected chi connectivity index (χ4v) is 3.98. The Morgan fingerprint density at radius 2 is 1.76 bits per heavy atom. The monoisotopic (exact) mass is 418 g/mol. The molecule has 1 aliphatic heterocycles. The number of nitrogens with one attached hydrogen (secondary N) is 1. The predicted molar refractivity (Wildman–Crippen MR) is 112 cm³/mol. The maximum absolute atomic E-state index is 12.6. The first-order chi connectivity index (χ1) is 13.8. The van der Waals surface area contributed by atoms with E-state index in [2.05, 4.69) is 5.32 Å². The van der Waals surface area contributed by atoms with Crippen LogP contribution < -0.4 is 19.1 Å². The van der Waals surface area contributed by atoms with E-state index in [-0.39, 0.29) is 12.6 Å². The lowest BCUT2D eigenvalue weighted by atomic mass is 10.1. The highest BCUT2D eigenvalue weighted by molar-refractivity contribution is 7.92. The van der Waals surface area contributed by atoms with Gasteiger partial charge in [0.1, 0.15) is 19.8 Å². The summed E-state index contributed by atoms with van der Waals surface area (Å²) in [5.41, 5.74) is 2.41. The minimum Gasteiger partial charge on any atom is -0.486 e. The molecule has 0 aromatic heterocycles. The van der Waals surface area contributed by atoms with E-state index in [4.69, 9.17) is 9.47 Å². The second-order valence-corrected chi connectivity index (χ2v) is 8.89. The number of hydrogen-bond acceptors (Lipinski definition) is 5. The third-order valence-electron chi connectivity index (χ3n) is 4.76. The number of rotatable bonds is 7. The quantitative estimate of drug-likeness (QED) is 0.747. The highest BCUT2D eigenvalue weighted by atomic mass is 32.2. The van der Waals surface area contributed by atoms with Crippen LogP contribution in [-0.2, 0) is 21.2 Å². The Labute approximate surface area is 171 Å². The Kier molecular flexibility index (Phi) is 6.32. The Hall–Kier alpha value is -2.74. The molecule has 0 saturated heterocycles. The Morgan fingerprint density at radius 1 is 1.10 bits per heavy atom. The third kappa shape index (κ3) is 5.20. The van der Waals surface area contributed by atoms with Crippen LogP contribution in [0.15, 0.2) is 42.5 Å². The molecule has 0 fully saturated rings. The van der Waals surface area contributed by atoms with E-state index in [1.807, 2.05) is 44.2 Å². The summed E-state index contributed by atoms with van der Waals surface area (Å²) in [6.07, 6.45) is 1.95. The van der Waals surface area contributed by atoms with Gasteiger partial charge in [0.05, 0.1) is 18.0 Å². The number of aryl methyl sites for hydroxylation is 1. The van der Waals surface area contributed by atoms with E-state index in [9.17, 15) is 13.2 Å². The molecule has 2 aromatic rings. The third-order valence-corrected chi connectivity index (χ3v) is 5.90. The van der Waals surface area contributed by atoms with Crippen LogP contribution in [0.5, 0.6) is 11.5 Å². The number of fused-ring (bicyclic) bond motifs is 1.